The van der Waals surface area contributed by atoms with Crippen molar-refractivity contribution in [3.63, 3.8) is 0 Å². The third-order valence-corrected chi connectivity index (χ3v) is 1.36. The number of rotatable bonds is 3. The van der Waals surface area contributed by atoms with E-state index in [1.807, 2.05) is 0 Å². The zero-order chi connectivity index (χ0) is 8.69. The summed E-state index contributed by atoms with van der Waals surface area (Å²) in [5.74, 6) is -0.0258. The largest absolute Gasteiger partial charge is 0.366 e. The van der Waals surface area contributed by atoms with Gasteiger partial charge >= 0.3 is 0 Å². The van der Waals surface area contributed by atoms with Crippen LogP contribution in [-0.4, -0.2) is 31.2 Å². The zero-order valence-electron chi connectivity index (χ0n) is 6.73. The van der Waals surface area contributed by atoms with Gasteiger partial charge < -0.3 is 16.0 Å². The minimum atomic E-state index is -0.0258. The van der Waals surface area contributed by atoms with Crippen molar-refractivity contribution in [2.75, 3.05) is 20.1 Å². The van der Waals surface area contributed by atoms with Crippen LogP contribution in [0.1, 0.15) is 6.92 Å². The van der Waals surface area contributed by atoms with Crippen molar-refractivity contribution in [1.29, 1.82) is 0 Å². The van der Waals surface area contributed by atoms with Gasteiger partial charge in [-0.25, -0.2) is 0 Å². The molecule has 0 aliphatic carbocycles. The monoisotopic (exact) mass is 175 g/mol. The van der Waals surface area contributed by atoms with Crippen LogP contribution in [0.5, 0.6) is 0 Å². The Morgan fingerprint density at radius 3 is 2.36 bits per heavy atom. The van der Waals surface area contributed by atoms with Gasteiger partial charge in [0.15, 0.2) is 5.11 Å². The highest BCUT2D eigenvalue weighted by molar-refractivity contribution is 7.80. The van der Waals surface area contributed by atoms with Crippen LogP contribution in [0.15, 0.2) is 0 Å². The molecule has 0 saturated heterocycles. The van der Waals surface area contributed by atoms with E-state index < -0.39 is 0 Å². The van der Waals surface area contributed by atoms with E-state index in [-0.39, 0.29) is 5.91 Å². The molecule has 0 aromatic carbocycles. The molecule has 64 valence electrons. The third-order valence-electron chi connectivity index (χ3n) is 1.01. The Morgan fingerprint density at radius 2 is 1.91 bits per heavy atom. The Morgan fingerprint density at radius 1 is 1.36 bits per heavy atom. The highest BCUT2D eigenvalue weighted by atomic mass is 32.1. The predicted octanol–water partition coefficient (Wildman–Crippen LogP) is -0.784. The molecule has 0 spiro atoms. The van der Waals surface area contributed by atoms with Crippen molar-refractivity contribution in [1.82, 2.24) is 16.0 Å². The summed E-state index contributed by atoms with van der Waals surface area (Å²) in [5, 5.41) is 8.88. The van der Waals surface area contributed by atoms with Crippen LogP contribution in [0.2, 0.25) is 0 Å². The molecule has 0 aliphatic rings. The lowest BCUT2D eigenvalue weighted by atomic mass is 10.6. The van der Waals surface area contributed by atoms with Crippen molar-refractivity contribution in [2.45, 2.75) is 6.92 Å². The van der Waals surface area contributed by atoms with E-state index in [0.717, 1.165) is 0 Å². The molecule has 0 aromatic rings. The molecule has 0 atom stereocenters. The van der Waals surface area contributed by atoms with Gasteiger partial charge in [-0.1, -0.05) is 0 Å². The lowest BCUT2D eigenvalue weighted by Gasteiger charge is -2.06. The Balaban J connectivity index is 3.14. The summed E-state index contributed by atoms with van der Waals surface area (Å²) in [4.78, 5) is 10.4. The molecule has 0 radical (unpaired) electrons. The smallest absolute Gasteiger partial charge is 0.216 e. The van der Waals surface area contributed by atoms with Crippen LogP contribution in [0.25, 0.3) is 0 Å². The first-order valence-corrected chi connectivity index (χ1v) is 3.77. The van der Waals surface area contributed by atoms with E-state index in [9.17, 15) is 4.79 Å². The molecule has 3 N–H and O–H groups in total. The molecule has 0 saturated carbocycles. The summed E-state index contributed by atoms with van der Waals surface area (Å²) in [7, 11) is 1.74. The standard InChI is InChI=1S/C6H13N3OS/c1-5(10)8-3-4-9-6(11)7-2/h3-4H2,1-2H3,(H,8,10)(H2,7,9,11). The van der Waals surface area contributed by atoms with Gasteiger partial charge in [-0.3, -0.25) is 4.79 Å². The van der Waals surface area contributed by atoms with Gasteiger partial charge in [0, 0.05) is 27.1 Å². The molecule has 11 heavy (non-hydrogen) atoms. The number of hydrogen-bond donors (Lipinski definition) is 3. The van der Waals surface area contributed by atoms with Crippen molar-refractivity contribution >= 4 is 23.2 Å². The Bertz CT molecular complexity index is 149. The molecule has 0 aromatic heterocycles. The first-order valence-electron chi connectivity index (χ1n) is 3.37. The molecule has 0 rings (SSSR count). The maximum atomic E-state index is 10.4. The van der Waals surface area contributed by atoms with Crippen molar-refractivity contribution in [3.05, 3.63) is 0 Å². The Hall–Kier alpha value is -0.840. The van der Waals surface area contributed by atoms with Gasteiger partial charge in [0.1, 0.15) is 0 Å². The van der Waals surface area contributed by atoms with Crippen LogP contribution in [-0.2, 0) is 4.79 Å². The number of amides is 1. The highest BCUT2D eigenvalue weighted by Crippen LogP contribution is 1.63. The maximum absolute atomic E-state index is 10.4. The third kappa shape index (κ3) is 7.05. The number of thiocarbonyl (C=S) groups is 1. The van der Waals surface area contributed by atoms with Crippen LogP contribution in [0, 0.1) is 0 Å². The number of nitrogens with one attached hydrogen (secondary N) is 3. The van der Waals surface area contributed by atoms with Gasteiger partial charge in [-0.05, 0) is 12.2 Å². The molecule has 5 heteroatoms. The highest BCUT2D eigenvalue weighted by Gasteiger charge is 1.91. The molecular formula is C6H13N3OS. The number of carbonyl (C=O) groups excluding carboxylic acids is 1. The first kappa shape index (κ1) is 10.2. The summed E-state index contributed by atoms with van der Waals surface area (Å²) < 4.78 is 0. The van der Waals surface area contributed by atoms with Gasteiger partial charge in [-0.2, -0.15) is 0 Å². The second-order valence-corrected chi connectivity index (χ2v) is 2.40. The van der Waals surface area contributed by atoms with Gasteiger partial charge in [0.05, 0.1) is 0 Å². The molecular weight excluding hydrogens is 162 g/mol. The van der Waals surface area contributed by atoms with E-state index in [1.165, 1.54) is 6.92 Å². The summed E-state index contributed by atoms with van der Waals surface area (Å²) in [6.45, 7) is 2.73. The fourth-order valence-electron chi connectivity index (χ4n) is 0.503. The van der Waals surface area contributed by atoms with Crippen molar-refractivity contribution in [3.8, 4) is 0 Å². The number of hydrogen-bond acceptors (Lipinski definition) is 2. The first-order chi connectivity index (χ1) is 5.16. The van der Waals surface area contributed by atoms with E-state index in [4.69, 9.17) is 12.2 Å². The fourth-order valence-corrected chi connectivity index (χ4v) is 0.605. The van der Waals surface area contributed by atoms with Crippen LogP contribution in [0.3, 0.4) is 0 Å². The summed E-state index contributed by atoms with van der Waals surface area (Å²) in [6, 6.07) is 0. The average molecular weight is 175 g/mol. The second-order valence-electron chi connectivity index (χ2n) is 1.99. The second kappa shape index (κ2) is 5.91. The average Bonchev–Trinajstić information content (AvgIpc) is 1.97. The molecule has 0 aliphatic heterocycles. The minimum absolute atomic E-state index is 0.0258. The molecule has 0 fully saturated rings. The molecule has 0 bridgehead atoms. The van der Waals surface area contributed by atoms with Gasteiger partial charge in [0.25, 0.3) is 0 Å². The quantitative estimate of drug-likeness (QED) is 0.389. The Labute approximate surface area is 71.7 Å². The van der Waals surface area contributed by atoms with E-state index in [2.05, 4.69) is 16.0 Å². The van der Waals surface area contributed by atoms with Gasteiger partial charge in [0.2, 0.25) is 5.91 Å². The van der Waals surface area contributed by atoms with Crippen LogP contribution < -0.4 is 16.0 Å². The molecule has 0 unspecified atom stereocenters. The minimum Gasteiger partial charge on any atom is -0.366 e. The Kier molecular flexibility index (Phi) is 5.46. The summed E-state index contributed by atoms with van der Waals surface area (Å²) >= 11 is 4.80. The van der Waals surface area contributed by atoms with Crippen LogP contribution in [0.4, 0.5) is 0 Å². The van der Waals surface area contributed by atoms with E-state index in [1.54, 1.807) is 7.05 Å². The summed E-state index contributed by atoms with van der Waals surface area (Å²) in [6.07, 6.45) is 0. The lowest BCUT2D eigenvalue weighted by molar-refractivity contribution is -0.118. The van der Waals surface area contributed by atoms with Crippen molar-refractivity contribution in [2.24, 2.45) is 0 Å². The molecule has 1 amide bonds. The van der Waals surface area contributed by atoms with E-state index in [0.29, 0.717) is 18.2 Å². The summed E-state index contributed by atoms with van der Waals surface area (Å²) in [5.41, 5.74) is 0. The van der Waals surface area contributed by atoms with Crippen LogP contribution >= 0.6 is 12.2 Å². The maximum Gasteiger partial charge on any atom is 0.216 e. The van der Waals surface area contributed by atoms with E-state index >= 15 is 0 Å². The molecule has 0 heterocycles. The predicted molar refractivity (Wildman–Crippen MR) is 48.3 cm³/mol. The SMILES string of the molecule is CNC(=S)NCCNC(C)=O. The fraction of sp³-hybridized carbons (Fsp3) is 0.667. The normalized spacial score (nSPS) is 8.55. The van der Waals surface area contributed by atoms with Crippen molar-refractivity contribution < 1.29 is 4.79 Å². The lowest BCUT2D eigenvalue weighted by Crippen LogP contribution is -2.38. The van der Waals surface area contributed by atoms with Gasteiger partial charge in [-0.15, -0.1) is 0 Å². The topological polar surface area (TPSA) is 53.2 Å². The zero-order valence-corrected chi connectivity index (χ0v) is 7.55. The number of carbonyl (C=O) groups is 1. The molecule has 4 nitrogen and oxygen atoms in total.